The molecule has 0 bridgehead atoms. The van der Waals surface area contributed by atoms with Crippen molar-refractivity contribution < 1.29 is 14.3 Å². The summed E-state index contributed by atoms with van der Waals surface area (Å²) in [4.78, 5) is 25.5. The van der Waals surface area contributed by atoms with Gasteiger partial charge in [-0.15, -0.1) is 0 Å². The first-order chi connectivity index (χ1) is 11.1. The number of ether oxygens (including phenoxy) is 1. The molecule has 3 N–H and O–H groups in total. The van der Waals surface area contributed by atoms with Crippen LogP contribution in [0.2, 0.25) is 0 Å². The zero-order valence-electron chi connectivity index (χ0n) is 14.1. The standard InChI is InChI=1S/C16H30N4O3/c1-23-16(22)19-10-6-7-13(11-19)12-20(17)15(21)18-14-8-4-2-3-5-9-14/h13-14H,2-12,17H2,1H3,(H,18,21). The second-order valence-corrected chi connectivity index (χ2v) is 6.71. The van der Waals surface area contributed by atoms with Crippen LogP contribution >= 0.6 is 0 Å². The van der Waals surface area contributed by atoms with Crippen LogP contribution in [0.25, 0.3) is 0 Å². The third kappa shape index (κ3) is 5.57. The fourth-order valence-corrected chi connectivity index (χ4v) is 3.55. The van der Waals surface area contributed by atoms with Gasteiger partial charge in [-0.25, -0.2) is 15.4 Å². The van der Waals surface area contributed by atoms with Gasteiger partial charge in [0.05, 0.1) is 7.11 Å². The van der Waals surface area contributed by atoms with Gasteiger partial charge in [0.15, 0.2) is 0 Å². The summed E-state index contributed by atoms with van der Waals surface area (Å²) < 4.78 is 4.77. The Labute approximate surface area is 138 Å². The van der Waals surface area contributed by atoms with Gasteiger partial charge < -0.3 is 15.0 Å². The Bertz CT molecular complexity index is 397. The molecule has 132 valence electrons. The summed E-state index contributed by atoms with van der Waals surface area (Å²) in [5.41, 5.74) is 0. The number of hydrazine groups is 1. The molecule has 1 saturated heterocycles. The number of nitrogens with one attached hydrogen (secondary N) is 1. The van der Waals surface area contributed by atoms with Crippen molar-refractivity contribution in [3.63, 3.8) is 0 Å². The molecular weight excluding hydrogens is 296 g/mol. The summed E-state index contributed by atoms with van der Waals surface area (Å²) >= 11 is 0. The number of carbonyl (C=O) groups excluding carboxylic acids is 2. The Morgan fingerprint density at radius 2 is 1.87 bits per heavy atom. The van der Waals surface area contributed by atoms with Gasteiger partial charge in [0.2, 0.25) is 0 Å². The Morgan fingerprint density at radius 3 is 2.52 bits per heavy atom. The van der Waals surface area contributed by atoms with Crippen LogP contribution in [0, 0.1) is 5.92 Å². The molecule has 1 aliphatic carbocycles. The molecule has 2 fully saturated rings. The first-order valence-corrected chi connectivity index (χ1v) is 8.75. The van der Waals surface area contributed by atoms with Gasteiger partial charge in [0, 0.05) is 25.7 Å². The number of likely N-dealkylation sites (tertiary alicyclic amines) is 1. The predicted molar refractivity (Wildman–Crippen MR) is 87.6 cm³/mol. The monoisotopic (exact) mass is 326 g/mol. The molecule has 0 aromatic rings. The zero-order chi connectivity index (χ0) is 16.7. The lowest BCUT2D eigenvalue weighted by Crippen LogP contribution is -2.52. The minimum absolute atomic E-state index is 0.202. The third-order valence-corrected chi connectivity index (χ3v) is 4.85. The van der Waals surface area contributed by atoms with E-state index in [2.05, 4.69) is 5.32 Å². The van der Waals surface area contributed by atoms with Gasteiger partial charge in [-0.1, -0.05) is 25.7 Å². The van der Waals surface area contributed by atoms with Crippen molar-refractivity contribution >= 4 is 12.1 Å². The Morgan fingerprint density at radius 1 is 1.17 bits per heavy atom. The maximum Gasteiger partial charge on any atom is 0.409 e. The number of urea groups is 1. The molecule has 0 aromatic carbocycles. The highest BCUT2D eigenvalue weighted by molar-refractivity contribution is 5.73. The van der Waals surface area contributed by atoms with E-state index in [1.165, 1.54) is 37.8 Å². The van der Waals surface area contributed by atoms with Gasteiger partial charge in [0.25, 0.3) is 0 Å². The van der Waals surface area contributed by atoms with Gasteiger partial charge in [-0.3, -0.25) is 5.01 Å². The maximum absolute atomic E-state index is 12.3. The topological polar surface area (TPSA) is 87.9 Å². The molecule has 7 nitrogen and oxygen atoms in total. The molecule has 2 rings (SSSR count). The minimum Gasteiger partial charge on any atom is -0.453 e. The molecule has 1 heterocycles. The van der Waals surface area contributed by atoms with Crippen LogP contribution in [0.5, 0.6) is 0 Å². The lowest BCUT2D eigenvalue weighted by molar-refractivity contribution is 0.0944. The molecule has 2 aliphatic rings. The Kier molecular flexibility index (Phi) is 6.95. The average molecular weight is 326 g/mol. The molecule has 1 saturated carbocycles. The van der Waals surface area contributed by atoms with Crippen LogP contribution in [0.4, 0.5) is 9.59 Å². The summed E-state index contributed by atoms with van der Waals surface area (Å²) in [6.07, 6.45) is 8.52. The van der Waals surface area contributed by atoms with Crippen LogP contribution in [0.1, 0.15) is 51.4 Å². The van der Waals surface area contributed by atoms with Crippen molar-refractivity contribution in [3.05, 3.63) is 0 Å². The van der Waals surface area contributed by atoms with Crippen molar-refractivity contribution in [1.82, 2.24) is 15.2 Å². The third-order valence-electron chi connectivity index (χ3n) is 4.85. The number of methoxy groups -OCH3 is 1. The van der Waals surface area contributed by atoms with Crippen molar-refractivity contribution in [2.24, 2.45) is 11.8 Å². The fourth-order valence-electron chi connectivity index (χ4n) is 3.55. The van der Waals surface area contributed by atoms with Crippen LogP contribution < -0.4 is 11.2 Å². The number of nitrogens with two attached hydrogens (primary N) is 1. The van der Waals surface area contributed by atoms with E-state index in [-0.39, 0.29) is 24.1 Å². The molecule has 1 aliphatic heterocycles. The van der Waals surface area contributed by atoms with E-state index in [0.717, 1.165) is 25.7 Å². The molecule has 3 amide bonds. The van der Waals surface area contributed by atoms with Crippen molar-refractivity contribution in [1.29, 1.82) is 0 Å². The van der Waals surface area contributed by atoms with Crippen molar-refractivity contribution in [2.75, 3.05) is 26.7 Å². The Hall–Kier alpha value is -1.50. The number of piperidine rings is 1. The second kappa shape index (κ2) is 8.96. The fraction of sp³-hybridized carbons (Fsp3) is 0.875. The largest absolute Gasteiger partial charge is 0.453 e. The second-order valence-electron chi connectivity index (χ2n) is 6.71. The number of hydrogen-bond acceptors (Lipinski definition) is 4. The highest BCUT2D eigenvalue weighted by Gasteiger charge is 2.27. The maximum atomic E-state index is 12.3. The van der Waals surface area contributed by atoms with Gasteiger partial charge in [0.1, 0.15) is 0 Å². The molecule has 0 radical (unpaired) electrons. The molecule has 7 heteroatoms. The van der Waals surface area contributed by atoms with Gasteiger partial charge in [-0.05, 0) is 31.6 Å². The normalized spacial score (nSPS) is 23.0. The lowest BCUT2D eigenvalue weighted by atomic mass is 9.98. The summed E-state index contributed by atoms with van der Waals surface area (Å²) in [5.74, 6) is 6.15. The quantitative estimate of drug-likeness (QED) is 0.360. The smallest absolute Gasteiger partial charge is 0.409 e. The number of rotatable bonds is 3. The average Bonchev–Trinajstić information content (AvgIpc) is 2.83. The summed E-state index contributed by atoms with van der Waals surface area (Å²) in [5, 5.41) is 4.32. The number of amides is 3. The highest BCUT2D eigenvalue weighted by Crippen LogP contribution is 2.19. The molecule has 0 spiro atoms. The first-order valence-electron chi connectivity index (χ1n) is 8.75. The van der Waals surface area contributed by atoms with E-state index >= 15 is 0 Å². The highest BCUT2D eigenvalue weighted by atomic mass is 16.5. The van der Waals surface area contributed by atoms with Crippen LogP contribution in [-0.2, 0) is 4.74 Å². The molecule has 0 aromatic heterocycles. The predicted octanol–water partition coefficient (Wildman–Crippen LogP) is 2.07. The Balaban J connectivity index is 1.77. The van der Waals surface area contributed by atoms with Crippen LogP contribution in [0.15, 0.2) is 0 Å². The van der Waals surface area contributed by atoms with Gasteiger partial charge >= 0.3 is 12.1 Å². The molecular formula is C16H30N4O3. The first kappa shape index (κ1) is 17.8. The lowest BCUT2D eigenvalue weighted by Gasteiger charge is -2.33. The van der Waals surface area contributed by atoms with E-state index in [1.807, 2.05) is 0 Å². The van der Waals surface area contributed by atoms with E-state index in [0.29, 0.717) is 19.6 Å². The van der Waals surface area contributed by atoms with E-state index in [1.54, 1.807) is 4.90 Å². The number of nitrogens with zero attached hydrogens (tertiary/aromatic N) is 2. The zero-order valence-corrected chi connectivity index (χ0v) is 14.1. The van der Waals surface area contributed by atoms with Crippen LogP contribution in [0.3, 0.4) is 0 Å². The summed E-state index contributed by atoms with van der Waals surface area (Å²) in [6, 6.07) is 0.0427. The van der Waals surface area contributed by atoms with Crippen molar-refractivity contribution in [3.8, 4) is 0 Å². The van der Waals surface area contributed by atoms with E-state index < -0.39 is 0 Å². The van der Waals surface area contributed by atoms with Crippen LogP contribution in [-0.4, -0.2) is 54.8 Å². The molecule has 23 heavy (non-hydrogen) atoms. The van der Waals surface area contributed by atoms with Crippen molar-refractivity contribution in [2.45, 2.75) is 57.4 Å². The SMILES string of the molecule is COC(=O)N1CCCC(CN(N)C(=O)NC2CCCCCC2)C1. The summed E-state index contributed by atoms with van der Waals surface area (Å²) in [6.45, 7) is 1.77. The molecule has 1 unspecified atom stereocenters. The summed E-state index contributed by atoms with van der Waals surface area (Å²) in [7, 11) is 1.39. The van der Waals surface area contributed by atoms with E-state index in [9.17, 15) is 9.59 Å². The number of carbonyl (C=O) groups is 2. The number of hydrogen-bond donors (Lipinski definition) is 2. The van der Waals surface area contributed by atoms with E-state index in [4.69, 9.17) is 10.6 Å². The molecule has 1 atom stereocenters. The van der Waals surface area contributed by atoms with Gasteiger partial charge in [-0.2, -0.15) is 0 Å². The minimum atomic E-state index is -0.304.